The highest BCUT2D eigenvalue weighted by Crippen LogP contribution is 2.44. The zero-order valence-corrected chi connectivity index (χ0v) is 33.6. The summed E-state index contributed by atoms with van der Waals surface area (Å²) in [5.41, 5.74) is 16.6. The molecule has 0 saturated heterocycles. The van der Waals surface area contributed by atoms with Crippen LogP contribution in [0, 0.1) is 0 Å². The van der Waals surface area contributed by atoms with Crippen LogP contribution in [0.3, 0.4) is 0 Å². The van der Waals surface area contributed by atoms with Gasteiger partial charge >= 0.3 is 0 Å². The highest BCUT2D eigenvalue weighted by atomic mass is 16.3. The van der Waals surface area contributed by atoms with Crippen LogP contribution in [0.2, 0.25) is 0 Å². The van der Waals surface area contributed by atoms with Crippen molar-refractivity contribution in [2.45, 2.75) is 6.92 Å². The van der Waals surface area contributed by atoms with Crippen molar-refractivity contribution in [3.05, 3.63) is 212 Å². The Kier molecular flexibility index (Phi) is 7.87. The van der Waals surface area contributed by atoms with Gasteiger partial charge in [-0.1, -0.05) is 134 Å². The average Bonchev–Trinajstić information content (AvgIpc) is 4.05. The van der Waals surface area contributed by atoms with Crippen molar-refractivity contribution in [2.75, 3.05) is 0 Å². The largest absolute Gasteiger partial charge is 0.439 e. The van der Waals surface area contributed by atoms with Gasteiger partial charge in [0.05, 0.1) is 33.1 Å². The number of allylic oxidation sites excluding steroid dienone is 1. The third kappa shape index (κ3) is 5.25. The Morgan fingerprint density at radius 1 is 0.459 bits per heavy atom. The van der Waals surface area contributed by atoms with Crippen LogP contribution in [0.25, 0.3) is 117 Å². The molecule has 0 bridgehead atoms. The Bertz CT molecular complexity index is 3720. The second-order valence-electron chi connectivity index (χ2n) is 15.7. The summed E-state index contributed by atoms with van der Waals surface area (Å²) < 4.78 is 13.7. The molecule has 4 heteroatoms. The minimum atomic E-state index is 0.857. The number of para-hydroxylation sites is 5. The van der Waals surface area contributed by atoms with Gasteiger partial charge in [-0.3, -0.25) is 4.57 Å². The molecular weight excluding hydrogens is 743 g/mol. The second-order valence-corrected chi connectivity index (χ2v) is 15.7. The van der Waals surface area contributed by atoms with Gasteiger partial charge in [-0.15, -0.1) is 0 Å². The van der Waals surface area contributed by atoms with Crippen molar-refractivity contribution < 1.29 is 4.42 Å². The summed E-state index contributed by atoms with van der Waals surface area (Å²) in [6, 6.07) is 67.6. The molecule has 288 valence electrons. The molecule has 0 atom stereocenters. The standard InChI is InChI=1S/C57H39N3O/c1-3-17-50-43(4-2)48-35-37(30-32-52(48)58(50)40-19-7-5-8-20-40)38-31-33-53-49(36-38)45-24-11-13-28-51(45)59(53)42-23-15-18-39(34-42)44-26-16-27-47-55-46-25-12-14-29-54(46)61-57(55)60(56(44)47)41-21-9-6-10-22-41/h3-36H,2H2,1H3/b17-3-. The van der Waals surface area contributed by atoms with E-state index in [2.05, 4.69) is 221 Å². The van der Waals surface area contributed by atoms with Crippen molar-refractivity contribution >= 4 is 77.8 Å². The third-order valence-corrected chi connectivity index (χ3v) is 12.3. The third-order valence-electron chi connectivity index (χ3n) is 12.3. The lowest BCUT2D eigenvalue weighted by Gasteiger charge is -2.13. The van der Waals surface area contributed by atoms with E-state index in [1.807, 2.05) is 12.1 Å². The zero-order chi connectivity index (χ0) is 40.6. The molecule has 8 aromatic carbocycles. The molecule has 4 aromatic heterocycles. The van der Waals surface area contributed by atoms with Gasteiger partial charge in [0.2, 0.25) is 5.71 Å². The van der Waals surface area contributed by atoms with E-state index in [1.165, 1.54) is 38.2 Å². The molecule has 0 amide bonds. The lowest BCUT2D eigenvalue weighted by Crippen LogP contribution is -1.97. The lowest BCUT2D eigenvalue weighted by molar-refractivity contribution is 0.645. The van der Waals surface area contributed by atoms with E-state index in [-0.39, 0.29) is 0 Å². The topological polar surface area (TPSA) is 27.9 Å². The predicted molar refractivity (Wildman–Crippen MR) is 257 cm³/mol. The molecule has 0 saturated carbocycles. The average molecular weight is 782 g/mol. The lowest BCUT2D eigenvalue weighted by atomic mass is 10.00. The van der Waals surface area contributed by atoms with Crippen molar-refractivity contribution in [1.29, 1.82) is 0 Å². The van der Waals surface area contributed by atoms with E-state index in [9.17, 15) is 0 Å². The molecule has 0 unspecified atom stereocenters. The number of benzene rings is 8. The number of hydrogen-bond donors (Lipinski definition) is 0. The van der Waals surface area contributed by atoms with Gasteiger partial charge in [0.1, 0.15) is 5.58 Å². The van der Waals surface area contributed by atoms with Crippen molar-refractivity contribution in [2.24, 2.45) is 0 Å². The second kappa shape index (κ2) is 13.8. The van der Waals surface area contributed by atoms with Crippen LogP contribution in [0.4, 0.5) is 0 Å². The van der Waals surface area contributed by atoms with Gasteiger partial charge < -0.3 is 13.6 Å². The van der Waals surface area contributed by atoms with E-state index >= 15 is 0 Å². The monoisotopic (exact) mass is 781 g/mol. The number of fused-ring (bicyclic) bond motifs is 9. The molecule has 12 aromatic rings. The van der Waals surface area contributed by atoms with E-state index < -0.39 is 0 Å². The van der Waals surface area contributed by atoms with Crippen LogP contribution in [0.15, 0.2) is 205 Å². The molecule has 61 heavy (non-hydrogen) atoms. The van der Waals surface area contributed by atoms with Crippen LogP contribution < -0.4 is 0 Å². The Hall–Kier alpha value is -8.08. The quantitative estimate of drug-likeness (QED) is 0.158. The zero-order valence-electron chi connectivity index (χ0n) is 33.6. The summed E-state index contributed by atoms with van der Waals surface area (Å²) in [5.74, 6) is 0. The molecule has 0 radical (unpaired) electrons. The van der Waals surface area contributed by atoms with Crippen LogP contribution in [-0.4, -0.2) is 13.7 Å². The van der Waals surface area contributed by atoms with Crippen LogP contribution >= 0.6 is 0 Å². The van der Waals surface area contributed by atoms with Gasteiger partial charge in [0, 0.05) is 55.1 Å². The fourth-order valence-electron chi connectivity index (χ4n) is 9.74. The van der Waals surface area contributed by atoms with Crippen LogP contribution in [0.5, 0.6) is 0 Å². The number of rotatable bonds is 7. The molecule has 0 aliphatic rings. The maximum atomic E-state index is 6.65. The SMILES string of the molecule is C=Cc1c(/C=C\C)n(-c2ccccc2)c2ccc(-c3ccc4c(c3)c3ccccc3n4-c3cccc(-c4cccc5c6c7ccccc7oc6n(-c6ccccc6)c45)c3)cc12. The molecule has 0 fully saturated rings. The first-order valence-corrected chi connectivity index (χ1v) is 20.8. The van der Waals surface area contributed by atoms with E-state index in [4.69, 9.17) is 4.42 Å². The number of aromatic nitrogens is 3. The minimum Gasteiger partial charge on any atom is -0.439 e. The van der Waals surface area contributed by atoms with Gasteiger partial charge in [0.25, 0.3) is 0 Å². The summed E-state index contributed by atoms with van der Waals surface area (Å²) in [5, 5.41) is 7.04. The summed E-state index contributed by atoms with van der Waals surface area (Å²) >= 11 is 0. The summed E-state index contributed by atoms with van der Waals surface area (Å²) in [7, 11) is 0. The predicted octanol–water partition coefficient (Wildman–Crippen LogP) is 15.6. The molecule has 0 spiro atoms. The maximum Gasteiger partial charge on any atom is 0.213 e. The van der Waals surface area contributed by atoms with Crippen molar-refractivity contribution in [3.8, 4) is 39.3 Å². The summed E-state index contributed by atoms with van der Waals surface area (Å²) in [4.78, 5) is 0. The van der Waals surface area contributed by atoms with E-state index in [1.54, 1.807) is 0 Å². The molecule has 4 heterocycles. The molecule has 0 aliphatic carbocycles. The fraction of sp³-hybridized carbons (Fsp3) is 0.0175. The molecule has 4 nitrogen and oxygen atoms in total. The Morgan fingerprint density at radius 2 is 1.07 bits per heavy atom. The maximum absolute atomic E-state index is 6.65. The van der Waals surface area contributed by atoms with E-state index in [0.29, 0.717) is 0 Å². The highest BCUT2D eigenvalue weighted by molar-refractivity contribution is 6.22. The molecule has 0 N–H and O–H groups in total. The molecular formula is C57H39N3O. The first-order valence-electron chi connectivity index (χ1n) is 20.8. The Labute approximate surface area is 352 Å². The number of furan rings is 1. The minimum absolute atomic E-state index is 0.857. The van der Waals surface area contributed by atoms with Crippen molar-refractivity contribution in [1.82, 2.24) is 13.7 Å². The van der Waals surface area contributed by atoms with E-state index in [0.717, 1.165) is 78.1 Å². The fourth-order valence-corrected chi connectivity index (χ4v) is 9.74. The normalized spacial score (nSPS) is 12.0. The van der Waals surface area contributed by atoms with Gasteiger partial charge in [0.15, 0.2) is 0 Å². The first-order chi connectivity index (χ1) is 30.2. The molecule has 0 aliphatic heterocycles. The Morgan fingerprint density at radius 3 is 1.82 bits per heavy atom. The summed E-state index contributed by atoms with van der Waals surface area (Å²) in [6.07, 6.45) is 6.27. The number of hydrogen-bond acceptors (Lipinski definition) is 1. The summed E-state index contributed by atoms with van der Waals surface area (Å²) in [6.45, 7) is 6.33. The van der Waals surface area contributed by atoms with Gasteiger partial charge in [-0.2, -0.15) is 0 Å². The van der Waals surface area contributed by atoms with Gasteiger partial charge in [-0.05, 0) is 102 Å². The van der Waals surface area contributed by atoms with Crippen LogP contribution in [0.1, 0.15) is 18.2 Å². The van der Waals surface area contributed by atoms with Gasteiger partial charge in [-0.25, -0.2) is 0 Å². The number of nitrogens with zero attached hydrogens (tertiary/aromatic N) is 3. The first kappa shape index (κ1) is 34.9. The van der Waals surface area contributed by atoms with Crippen molar-refractivity contribution in [3.63, 3.8) is 0 Å². The molecule has 12 rings (SSSR count). The highest BCUT2D eigenvalue weighted by Gasteiger charge is 2.23. The van der Waals surface area contributed by atoms with Crippen LogP contribution in [-0.2, 0) is 0 Å². The smallest absolute Gasteiger partial charge is 0.213 e. The Balaban J connectivity index is 1.03.